The monoisotopic (exact) mass is 221 g/mol. The van der Waals surface area contributed by atoms with Gasteiger partial charge in [-0.1, -0.05) is 0 Å². The topological polar surface area (TPSA) is 83.0 Å². The van der Waals surface area contributed by atoms with Crippen molar-refractivity contribution in [2.75, 3.05) is 13.7 Å². The van der Waals surface area contributed by atoms with Gasteiger partial charge in [0.05, 0.1) is 7.11 Å². The van der Waals surface area contributed by atoms with Crippen molar-refractivity contribution in [2.24, 2.45) is 4.99 Å². The maximum atomic E-state index is 10.9. The molecule has 0 saturated heterocycles. The molecule has 0 saturated carbocycles. The van der Waals surface area contributed by atoms with Crippen LogP contribution in [0, 0.1) is 0 Å². The smallest absolute Gasteiger partial charge is 0.260 e. The number of aliphatic imine (C=N–C) groups is 1. The first-order valence-electron chi connectivity index (χ1n) is 4.67. The molecule has 1 aromatic rings. The van der Waals surface area contributed by atoms with E-state index >= 15 is 0 Å². The number of hydrazine groups is 1. The Morgan fingerprint density at radius 2 is 2.25 bits per heavy atom. The summed E-state index contributed by atoms with van der Waals surface area (Å²) in [7, 11) is 1.47. The highest BCUT2D eigenvalue weighted by Gasteiger charge is 2.13. The first kappa shape index (κ1) is 10.3. The van der Waals surface area contributed by atoms with Crippen molar-refractivity contribution in [3.8, 4) is 11.5 Å². The van der Waals surface area contributed by atoms with Crippen molar-refractivity contribution in [3.63, 3.8) is 0 Å². The molecule has 0 fully saturated rings. The normalized spacial score (nSPS) is 14.8. The number of carbonyl (C=O) groups is 1. The summed E-state index contributed by atoms with van der Waals surface area (Å²) in [4.78, 5) is 14.9. The molecule has 0 radical (unpaired) electrons. The van der Waals surface area contributed by atoms with Crippen LogP contribution in [0.15, 0.2) is 23.2 Å². The number of amides is 1. The number of amidine groups is 1. The molecule has 0 bridgehead atoms. The lowest BCUT2D eigenvalue weighted by molar-refractivity contribution is -0.120. The van der Waals surface area contributed by atoms with Crippen LogP contribution in [0.2, 0.25) is 0 Å². The largest absolute Gasteiger partial charge is 0.504 e. The molecule has 1 aromatic carbocycles. The number of aromatic hydroxyl groups is 1. The number of rotatable bonds is 2. The third-order valence-corrected chi connectivity index (χ3v) is 2.15. The molecule has 3 N–H and O–H groups in total. The van der Waals surface area contributed by atoms with Gasteiger partial charge >= 0.3 is 0 Å². The number of hydrogen-bond acceptors (Lipinski definition) is 5. The van der Waals surface area contributed by atoms with Crippen LogP contribution in [-0.2, 0) is 4.79 Å². The molecule has 0 spiro atoms. The second-order valence-corrected chi connectivity index (χ2v) is 3.22. The number of nitrogens with zero attached hydrogens (tertiary/aromatic N) is 1. The molecule has 84 valence electrons. The Bertz CT molecular complexity index is 457. The van der Waals surface area contributed by atoms with Crippen molar-refractivity contribution in [3.05, 3.63) is 23.8 Å². The fourth-order valence-electron chi connectivity index (χ4n) is 1.35. The van der Waals surface area contributed by atoms with Crippen molar-refractivity contribution in [2.45, 2.75) is 0 Å². The first-order chi connectivity index (χ1) is 7.70. The maximum Gasteiger partial charge on any atom is 0.260 e. The second-order valence-electron chi connectivity index (χ2n) is 3.22. The number of hydrogen-bond donors (Lipinski definition) is 3. The molecule has 0 unspecified atom stereocenters. The van der Waals surface area contributed by atoms with Crippen LogP contribution < -0.4 is 15.6 Å². The van der Waals surface area contributed by atoms with Crippen molar-refractivity contribution in [1.82, 2.24) is 10.9 Å². The van der Waals surface area contributed by atoms with E-state index in [2.05, 4.69) is 15.8 Å². The van der Waals surface area contributed by atoms with Crippen LogP contribution in [-0.4, -0.2) is 30.5 Å². The van der Waals surface area contributed by atoms with E-state index in [-0.39, 0.29) is 18.2 Å². The zero-order valence-electron chi connectivity index (χ0n) is 8.65. The number of methoxy groups -OCH3 is 1. The Labute approximate surface area is 91.9 Å². The van der Waals surface area contributed by atoms with Crippen LogP contribution in [0.1, 0.15) is 5.56 Å². The predicted molar refractivity (Wildman–Crippen MR) is 57.3 cm³/mol. The van der Waals surface area contributed by atoms with Gasteiger partial charge in [-0.25, -0.2) is 0 Å². The molecule has 2 rings (SSSR count). The van der Waals surface area contributed by atoms with Crippen LogP contribution in [0.3, 0.4) is 0 Å². The molecule has 1 amide bonds. The minimum atomic E-state index is -0.186. The average Bonchev–Trinajstić information content (AvgIpc) is 2.31. The van der Waals surface area contributed by atoms with E-state index in [0.717, 1.165) is 5.56 Å². The van der Waals surface area contributed by atoms with Gasteiger partial charge in [-0.15, -0.1) is 0 Å². The van der Waals surface area contributed by atoms with Crippen LogP contribution in [0.5, 0.6) is 11.5 Å². The summed E-state index contributed by atoms with van der Waals surface area (Å²) in [6, 6.07) is 4.83. The summed E-state index contributed by atoms with van der Waals surface area (Å²) in [6.45, 7) is 0.0888. The predicted octanol–water partition coefficient (Wildman–Crippen LogP) is -0.218. The molecular weight excluding hydrogens is 210 g/mol. The van der Waals surface area contributed by atoms with Gasteiger partial charge in [0.2, 0.25) is 0 Å². The number of benzene rings is 1. The minimum absolute atomic E-state index is 0.0618. The Hall–Kier alpha value is -2.24. The van der Waals surface area contributed by atoms with Crippen molar-refractivity contribution >= 4 is 11.7 Å². The Balaban J connectivity index is 2.30. The van der Waals surface area contributed by atoms with Crippen LogP contribution >= 0.6 is 0 Å². The lowest BCUT2D eigenvalue weighted by atomic mass is 10.2. The minimum Gasteiger partial charge on any atom is -0.504 e. The molecule has 6 heteroatoms. The molecule has 0 aromatic heterocycles. The number of carbonyl (C=O) groups excluding carboxylic acids is 1. The van der Waals surface area contributed by atoms with E-state index in [9.17, 15) is 9.90 Å². The zero-order valence-corrected chi connectivity index (χ0v) is 8.65. The summed E-state index contributed by atoms with van der Waals surface area (Å²) in [5, 5.41) is 9.42. The van der Waals surface area contributed by atoms with Gasteiger partial charge in [0.25, 0.3) is 5.91 Å². The van der Waals surface area contributed by atoms with Gasteiger partial charge in [0, 0.05) is 5.56 Å². The van der Waals surface area contributed by atoms with Crippen molar-refractivity contribution < 1.29 is 14.6 Å². The Kier molecular flexibility index (Phi) is 2.63. The SMILES string of the molecule is COc1cc(C2=NCC(=O)NN2)ccc1O. The molecule has 1 heterocycles. The fraction of sp³-hybridized carbons (Fsp3) is 0.200. The van der Waals surface area contributed by atoms with Crippen molar-refractivity contribution in [1.29, 1.82) is 0 Å². The van der Waals surface area contributed by atoms with Gasteiger partial charge in [-0.2, -0.15) is 0 Å². The summed E-state index contributed by atoms with van der Waals surface area (Å²) >= 11 is 0. The lowest BCUT2D eigenvalue weighted by Gasteiger charge is -2.16. The first-order valence-corrected chi connectivity index (χ1v) is 4.67. The molecule has 1 aliphatic heterocycles. The summed E-state index contributed by atoms with van der Waals surface area (Å²) in [5.41, 5.74) is 5.86. The summed E-state index contributed by atoms with van der Waals surface area (Å²) < 4.78 is 4.98. The number of ether oxygens (including phenoxy) is 1. The lowest BCUT2D eigenvalue weighted by Crippen LogP contribution is -2.47. The van der Waals surface area contributed by atoms with E-state index in [4.69, 9.17) is 4.74 Å². The zero-order chi connectivity index (χ0) is 11.5. The highest BCUT2D eigenvalue weighted by Crippen LogP contribution is 2.26. The van der Waals surface area contributed by atoms with E-state index in [1.54, 1.807) is 12.1 Å². The highest BCUT2D eigenvalue weighted by atomic mass is 16.5. The van der Waals surface area contributed by atoms with Crippen LogP contribution in [0.25, 0.3) is 0 Å². The van der Waals surface area contributed by atoms with Gasteiger partial charge in [0.15, 0.2) is 11.5 Å². The van der Waals surface area contributed by atoms with Gasteiger partial charge in [0.1, 0.15) is 12.4 Å². The second kappa shape index (κ2) is 4.09. The molecule has 0 atom stereocenters. The third kappa shape index (κ3) is 1.90. The summed E-state index contributed by atoms with van der Waals surface area (Å²) in [6.07, 6.45) is 0. The van der Waals surface area contributed by atoms with Gasteiger partial charge < -0.3 is 9.84 Å². The van der Waals surface area contributed by atoms with E-state index in [1.165, 1.54) is 13.2 Å². The fourth-order valence-corrected chi connectivity index (χ4v) is 1.35. The Morgan fingerprint density at radius 3 is 2.88 bits per heavy atom. The van der Waals surface area contributed by atoms with E-state index in [1.807, 2.05) is 0 Å². The number of nitrogens with one attached hydrogen (secondary N) is 2. The van der Waals surface area contributed by atoms with Crippen LogP contribution in [0.4, 0.5) is 0 Å². The maximum absolute atomic E-state index is 10.9. The highest BCUT2D eigenvalue weighted by molar-refractivity contribution is 6.02. The number of phenols is 1. The molecule has 0 aliphatic carbocycles. The standard InChI is InChI=1S/C10H11N3O3/c1-16-8-4-6(2-3-7(8)14)10-11-5-9(15)12-13-10/h2-4,14H,5H2,1H3,(H,11,13)(H,12,15). The average molecular weight is 221 g/mol. The molecule has 6 nitrogen and oxygen atoms in total. The van der Waals surface area contributed by atoms with Gasteiger partial charge in [-0.05, 0) is 18.2 Å². The Morgan fingerprint density at radius 1 is 1.44 bits per heavy atom. The quantitative estimate of drug-likeness (QED) is 0.645. The molecule has 16 heavy (non-hydrogen) atoms. The number of phenolic OH excluding ortho intramolecular Hbond substituents is 1. The summed E-state index contributed by atoms with van der Waals surface area (Å²) in [5.74, 6) is 0.776. The molecular formula is C10H11N3O3. The van der Waals surface area contributed by atoms with E-state index < -0.39 is 0 Å². The van der Waals surface area contributed by atoms with Gasteiger partial charge in [-0.3, -0.25) is 20.6 Å². The third-order valence-electron chi connectivity index (χ3n) is 2.15. The molecule has 1 aliphatic rings. The van der Waals surface area contributed by atoms with E-state index in [0.29, 0.717) is 11.6 Å².